The molecule has 3 rings (SSSR count). The number of thiazole rings is 1. The van der Waals surface area contributed by atoms with Crippen molar-refractivity contribution < 1.29 is 9.21 Å². The van der Waals surface area contributed by atoms with E-state index in [-0.39, 0.29) is 5.91 Å². The minimum absolute atomic E-state index is 0.00940. The summed E-state index contributed by atoms with van der Waals surface area (Å²) in [5.41, 5.74) is 1.14. The van der Waals surface area contributed by atoms with Crippen LogP contribution in [0.5, 0.6) is 0 Å². The number of aromatic nitrogens is 1. The summed E-state index contributed by atoms with van der Waals surface area (Å²) < 4.78 is 5.23. The van der Waals surface area contributed by atoms with Crippen molar-refractivity contribution >= 4 is 22.4 Å². The minimum atomic E-state index is -0.00940. The first kappa shape index (κ1) is 14.3. The summed E-state index contributed by atoms with van der Waals surface area (Å²) in [6, 6.07) is 3.72. The van der Waals surface area contributed by atoms with Crippen LogP contribution >= 0.6 is 11.3 Å². The third-order valence-corrected chi connectivity index (χ3v) is 4.68. The van der Waals surface area contributed by atoms with Gasteiger partial charge in [-0.1, -0.05) is 6.92 Å². The second-order valence-corrected chi connectivity index (χ2v) is 6.22. The van der Waals surface area contributed by atoms with Crippen LogP contribution < -0.4 is 5.32 Å². The Morgan fingerprint density at radius 3 is 3.24 bits per heavy atom. The number of amides is 1. The molecular weight excluding hydrogens is 286 g/mol. The molecule has 0 spiro atoms. The van der Waals surface area contributed by atoms with Crippen molar-refractivity contribution in [1.29, 1.82) is 0 Å². The third-order valence-electron chi connectivity index (χ3n) is 3.68. The molecule has 0 unspecified atom stereocenters. The summed E-state index contributed by atoms with van der Waals surface area (Å²) in [5.74, 6) is 0.826. The van der Waals surface area contributed by atoms with E-state index in [0.29, 0.717) is 12.8 Å². The van der Waals surface area contributed by atoms with E-state index < -0.39 is 0 Å². The number of nitrogens with one attached hydrogen (secondary N) is 1. The molecule has 1 aliphatic rings. The summed E-state index contributed by atoms with van der Waals surface area (Å²) in [6.07, 6.45) is 3.63. The first-order valence-electron chi connectivity index (χ1n) is 7.27. The van der Waals surface area contributed by atoms with Crippen LogP contribution in [0.2, 0.25) is 0 Å². The topological polar surface area (TPSA) is 58.4 Å². The van der Waals surface area contributed by atoms with Crippen LogP contribution in [-0.2, 0) is 24.2 Å². The van der Waals surface area contributed by atoms with Crippen LogP contribution in [0.25, 0.3) is 0 Å². The number of nitrogens with zero attached hydrogens (tertiary/aromatic N) is 2. The molecule has 5 nitrogen and oxygen atoms in total. The molecular formula is C15H19N3O2S. The molecule has 0 saturated heterocycles. The van der Waals surface area contributed by atoms with Crippen molar-refractivity contribution in [3.05, 3.63) is 34.7 Å². The molecule has 0 saturated carbocycles. The minimum Gasteiger partial charge on any atom is -0.469 e. The predicted molar refractivity (Wildman–Crippen MR) is 82.4 cm³/mol. The average molecular weight is 305 g/mol. The number of hydrogen-bond donors (Lipinski definition) is 1. The molecule has 0 aliphatic carbocycles. The van der Waals surface area contributed by atoms with Gasteiger partial charge in [-0.2, -0.15) is 0 Å². The Hall–Kier alpha value is -1.66. The zero-order valence-electron chi connectivity index (χ0n) is 12.1. The Balaban J connectivity index is 1.55. The monoisotopic (exact) mass is 305 g/mol. The lowest BCUT2D eigenvalue weighted by Gasteiger charge is -2.23. The fraction of sp³-hybridized carbons (Fsp3) is 0.467. The van der Waals surface area contributed by atoms with Gasteiger partial charge in [-0.25, -0.2) is 4.98 Å². The molecule has 2 aromatic rings. The maximum absolute atomic E-state index is 11.9. The zero-order chi connectivity index (χ0) is 14.7. The second kappa shape index (κ2) is 6.41. The molecule has 2 aromatic heterocycles. The second-order valence-electron chi connectivity index (χ2n) is 5.14. The van der Waals surface area contributed by atoms with Gasteiger partial charge in [0.1, 0.15) is 5.76 Å². The lowest BCUT2D eigenvalue weighted by Crippen LogP contribution is -2.29. The summed E-state index contributed by atoms with van der Waals surface area (Å²) >= 11 is 1.60. The molecule has 6 heteroatoms. The van der Waals surface area contributed by atoms with Gasteiger partial charge in [-0.15, -0.1) is 11.3 Å². The number of furan rings is 1. The lowest BCUT2D eigenvalue weighted by atomic mass is 10.2. The van der Waals surface area contributed by atoms with Crippen molar-refractivity contribution in [3.8, 4) is 0 Å². The van der Waals surface area contributed by atoms with Gasteiger partial charge in [0, 0.05) is 37.2 Å². The molecule has 0 bridgehead atoms. The Bertz CT molecular complexity index is 606. The maximum Gasteiger partial charge on any atom is 0.226 e. The molecule has 0 fully saturated rings. The highest BCUT2D eigenvalue weighted by atomic mass is 32.1. The highest BCUT2D eigenvalue weighted by molar-refractivity contribution is 7.15. The van der Waals surface area contributed by atoms with Crippen LogP contribution in [-0.4, -0.2) is 28.9 Å². The van der Waals surface area contributed by atoms with E-state index in [1.165, 1.54) is 4.88 Å². The standard InChI is InChI=1S/C15H19N3O2S/c1-2-18-8-7-12-13(10-18)21-15(16-12)17-14(19)6-5-11-4-3-9-20-11/h3-4,9H,2,5-8,10H2,1H3,(H,16,17,19). The molecule has 1 aliphatic heterocycles. The van der Waals surface area contributed by atoms with E-state index in [1.54, 1.807) is 17.6 Å². The number of hydrogen-bond acceptors (Lipinski definition) is 5. The number of rotatable bonds is 5. The first-order chi connectivity index (χ1) is 10.2. The van der Waals surface area contributed by atoms with Crippen LogP contribution in [0.1, 0.15) is 29.7 Å². The lowest BCUT2D eigenvalue weighted by molar-refractivity contribution is -0.116. The van der Waals surface area contributed by atoms with Crippen LogP contribution in [0, 0.1) is 0 Å². The van der Waals surface area contributed by atoms with Crippen LogP contribution in [0.3, 0.4) is 0 Å². The van der Waals surface area contributed by atoms with Crippen molar-refractivity contribution in [2.45, 2.75) is 32.7 Å². The zero-order valence-corrected chi connectivity index (χ0v) is 12.9. The highest BCUT2D eigenvalue weighted by Gasteiger charge is 2.20. The Kier molecular flexibility index (Phi) is 4.36. The predicted octanol–water partition coefficient (Wildman–Crippen LogP) is 2.69. The van der Waals surface area contributed by atoms with Crippen molar-refractivity contribution in [2.75, 3.05) is 18.4 Å². The van der Waals surface area contributed by atoms with Gasteiger partial charge < -0.3 is 9.73 Å². The first-order valence-corrected chi connectivity index (χ1v) is 8.09. The van der Waals surface area contributed by atoms with E-state index in [9.17, 15) is 4.79 Å². The maximum atomic E-state index is 11.9. The number of carbonyl (C=O) groups excluding carboxylic acids is 1. The molecule has 1 N–H and O–H groups in total. The molecule has 0 radical (unpaired) electrons. The van der Waals surface area contributed by atoms with Gasteiger partial charge in [-0.05, 0) is 18.7 Å². The molecule has 3 heterocycles. The fourth-order valence-electron chi connectivity index (χ4n) is 2.45. The molecule has 0 atom stereocenters. The van der Waals surface area contributed by atoms with Gasteiger partial charge in [-0.3, -0.25) is 9.69 Å². The fourth-order valence-corrected chi connectivity index (χ4v) is 3.51. The van der Waals surface area contributed by atoms with Crippen molar-refractivity contribution in [3.63, 3.8) is 0 Å². The third kappa shape index (κ3) is 3.51. The van der Waals surface area contributed by atoms with Crippen molar-refractivity contribution in [1.82, 2.24) is 9.88 Å². The summed E-state index contributed by atoms with van der Waals surface area (Å²) in [7, 11) is 0. The van der Waals surface area contributed by atoms with Crippen LogP contribution in [0.15, 0.2) is 22.8 Å². The van der Waals surface area contributed by atoms with E-state index in [0.717, 1.165) is 42.6 Å². The Morgan fingerprint density at radius 2 is 2.48 bits per heavy atom. The largest absolute Gasteiger partial charge is 0.469 e. The molecule has 112 valence electrons. The van der Waals surface area contributed by atoms with Gasteiger partial charge in [0.25, 0.3) is 0 Å². The van der Waals surface area contributed by atoms with Crippen molar-refractivity contribution in [2.24, 2.45) is 0 Å². The Labute approximate surface area is 128 Å². The highest BCUT2D eigenvalue weighted by Crippen LogP contribution is 2.28. The van der Waals surface area contributed by atoms with E-state index in [4.69, 9.17) is 4.42 Å². The summed E-state index contributed by atoms with van der Waals surface area (Å²) in [6.45, 7) is 5.23. The van der Waals surface area contributed by atoms with Gasteiger partial charge in [0.2, 0.25) is 5.91 Å². The normalized spacial score (nSPS) is 14.9. The number of likely N-dealkylation sites (N-methyl/N-ethyl adjacent to an activating group) is 1. The van der Waals surface area contributed by atoms with Gasteiger partial charge in [0.15, 0.2) is 5.13 Å². The molecule has 0 aromatic carbocycles. The number of fused-ring (bicyclic) bond motifs is 1. The quantitative estimate of drug-likeness (QED) is 0.922. The number of anilines is 1. The number of carbonyl (C=O) groups is 1. The van der Waals surface area contributed by atoms with E-state index in [2.05, 4.69) is 22.1 Å². The number of aryl methyl sites for hydroxylation is 1. The summed E-state index contributed by atoms with van der Waals surface area (Å²) in [4.78, 5) is 20.2. The average Bonchev–Trinajstić information content (AvgIpc) is 3.13. The van der Waals surface area contributed by atoms with Crippen LogP contribution in [0.4, 0.5) is 5.13 Å². The Morgan fingerprint density at radius 1 is 1.57 bits per heavy atom. The SMILES string of the molecule is CCN1CCc2nc(NC(=O)CCc3ccco3)sc2C1. The van der Waals surface area contributed by atoms with E-state index in [1.807, 2.05) is 12.1 Å². The van der Waals surface area contributed by atoms with Gasteiger partial charge in [0.05, 0.1) is 12.0 Å². The molecule has 21 heavy (non-hydrogen) atoms. The van der Waals surface area contributed by atoms with Gasteiger partial charge >= 0.3 is 0 Å². The van der Waals surface area contributed by atoms with E-state index >= 15 is 0 Å². The summed E-state index contributed by atoms with van der Waals surface area (Å²) in [5, 5.41) is 3.63. The smallest absolute Gasteiger partial charge is 0.226 e. The molecule has 1 amide bonds.